The highest BCUT2D eigenvalue weighted by molar-refractivity contribution is 5.77. The number of imidazole rings is 1. The highest BCUT2D eigenvalue weighted by atomic mass is 16.5. The number of ether oxygens (including phenoxy) is 1. The van der Waals surface area contributed by atoms with Gasteiger partial charge in [0.05, 0.1) is 23.2 Å². The molecule has 0 spiro atoms. The third-order valence-electron chi connectivity index (χ3n) is 7.28. The van der Waals surface area contributed by atoms with E-state index in [1.54, 1.807) is 11.1 Å². The van der Waals surface area contributed by atoms with E-state index in [1.807, 2.05) is 7.11 Å². The first-order valence-electron chi connectivity index (χ1n) is 11.8. The summed E-state index contributed by atoms with van der Waals surface area (Å²) < 4.78 is 8.60. The topological polar surface area (TPSA) is 30.3 Å². The molecule has 1 aliphatic heterocycles. The molecule has 2 heterocycles. The molecule has 4 heteroatoms. The molecule has 1 aliphatic carbocycles. The number of aryl methyl sites for hydroxylation is 1. The van der Waals surface area contributed by atoms with E-state index in [2.05, 4.69) is 72.7 Å². The molecule has 164 valence electrons. The van der Waals surface area contributed by atoms with Crippen LogP contribution in [-0.4, -0.2) is 47.3 Å². The van der Waals surface area contributed by atoms with Gasteiger partial charge in [0.1, 0.15) is 5.82 Å². The van der Waals surface area contributed by atoms with Gasteiger partial charge in [-0.15, -0.1) is 0 Å². The summed E-state index contributed by atoms with van der Waals surface area (Å²) in [6.45, 7) is 9.93. The number of aromatic nitrogens is 2. The number of nitrogens with zero attached hydrogens (tertiary/aromatic N) is 3. The fourth-order valence-electron chi connectivity index (χ4n) is 5.79. The standard InChI is InChI=1S/C27H35N3O/c1-18(2)27-28-23-13-19(3)9-10-24(23)30(27)25-11-12-29(17-26(25)31-4)16-20-14-21-7-5-6-8-22(21)15-20/h5-10,13,18,20,25-26H,11-12,14-17H2,1-4H3/t25-,26+/m1/s1. The maximum Gasteiger partial charge on any atom is 0.112 e. The third-order valence-corrected chi connectivity index (χ3v) is 7.28. The molecule has 2 atom stereocenters. The molecule has 0 radical (unpaired) electrons. The molecule has 2 aliphatic rings. The van der Waals surface area contributed by atoms with Gasteiger partial charge >= 0.3 is 0 Å². The van der Waals surface area contributed by atoms with Crippen LogP contribution in [0.5, 0.6) is 0 Å². The van der Waals surface area contributed by atoms with Gasteiger partial charge in [0.25, 0.3) is 0 Å². The van der Waals surface area contributed by atoms with Crippen LogP contribution in [-0.2, 0) is 17.6 Å². The average Bonchev–Trinajstić information content (AvgIpc) is 3.34. The Morgan fingerprint density at radius 3 is 2.52 bits per heavy atom. The predicted octanol–water partition coefficient (Wildman–Crippen LogP) is 5.14. The van der Waals surface area contributed by atoms with Crippen molar-refractivity contribution in [2.75, 3.05) is 26.7 Å². The van der Waals surface area contributed by atoms with Gasteiger partial charge in [-0.05, 0) is 60.9 Å². The molecule has 0 saturated carbocycles. The lowest BCUT2D eigenvalue weighted by molar-refractivity contribution is -0.00966. The quantitative estimate of drug-likeness (QED) is 0.575. The highest BCUT2D eigenvalue weighted by Gasteiger charge is 2.35. The second kappa shape index (κ2) is 8.40. The molecule has 0 bridgehead atoms. The number of hydrogen-bond acceptors (Lipinski definition) is 3. The Kier molecular flexibility index (Phi) is 5.61. The maximum absolute atomic E-state index is 6.10. The number of hydrogen-bond donors (Lipinski definition) is 0. The van der Waals surface area contributed by atoms with Crippen LogP contribution in [0, 0.1) is 12.8 Å². The minimum atomic E-state index is 0.189. The van der Waals surface area contributed by atoms with Crippen molar-refractivity contribution in [1.82, 2.24) is 14.5 Å². The smallest absolute Gasteiger partial charge is 0.112 e. The number of methoxy groups -OCH3 is 1. The van der Waals surface area contributed by atoms with Crippen molar-refractivity contribution in [2.45, 2.75) is 58.1 Å². The lowest BCUT2D eigenvalue weighted by atomic mass is 9.97. The van der Waals surface area contributed by atoms with Crippen molar-refractivity contribution in [3.63, 3.8) is 0 Å². The number of rotatable bonds is 5. The number of likely N-dealkylation sites (tertiary alicyclic amines) is 1. The van der Waals surface area contributed by atoms with Gasteiger partial charge in [-0.2, -0.15) is 0 Å². The fraction of sp³-hybridized carbons (Fsp3) is 0.519. The Morgan fingerprint density at radius 1 is 1.10 bits per heavy atom. The van der Waals surface area contributed by atoms with Gasteiger partial charge in [-0.1, -0.05) is 44.2 Å². The van der Waals surface area contributed by atoms with Crippen LogP contribution in [0.15, 0.2) is 42.5 Å². The molecule has 31 heavy (non-hydrogen) atoms. The zero-order chi connectivity index (χ0) is 21.5. The van der Waals surface area contributed by atoms with E-state index in [9.17, 15) is 0 Å². The van der Waals surface area contributed by atoms with Crippen molar-refractivity contribution < 1.29 is 4.74 Å². The van der Waals surface area contributed by atoms with Crippen LogP contribution >= 0.6 is 0 Å². The molecule has 0 unspecified atom stereocenters. The fourth-order valence-corrected chi connectivity index (χ4v) is 5.79. The molecule has 5 rings (SSSR count). The molecular weight excluding hydrogens is 382 g/mol. The van der Waals surface area contributed by atoms with Gasteiger partial charge < -0.3 is 14.2 Å². The number of fused-ring (bicyclic) bond motifs is 2. The largest absolute Gasteiger partial charge is 0.378 e. The lowest BCUT2D eigenvalue weighted by Crippen LogP contribution is -2.47. The second-order valence-electron chi connectivity index (χ2n) is 9.92. The Balaban J connectivity index is 1.35. The van der Waals surface area contributed by atoms with Crippen LogP contribution in [0.4, 0.5) is 0 Å². The van der Waals surface area contributed by atoms with Crippen LogP contribution in [0.1, 0.15) is 54.7 Å². The molecule has 1 saturated heterocycles. The van der Waals surface area contributed by atoms with Crippen LogP contribution in [0.3, 0.4) is 0 Å². The van der Waals surface area contributed by atoms with Gasteiger partial charge in [-0.25, -0.2) is 4.98 Å². The van der Waals surface area contributed by atoms with Crippen molar-refractivity contribution in [3.05, 3.63) is 65.0 Å². The summed E-state index contributed by atoms with van der Waals surface area (Å²) in [4.78, 5) is 7.67. The van der Waals surface area contributed by atoms with E-state index in [-0.39, 0.29) is 6.10 Å². The first kappa shape index (κ1) is 20.7. The van der Waals surface area contributed by atoms with E-state index in [0.29, 0.717) is 12.0 Å². The van der Waals surface area contributed by atoms with Gasteiger partial charge in [0, 0.05) is 32.7 Å². The SMILES string of the molecule is CO[C@H]1CN(CC2Cc3ccccc3C2)CC[C@H]1n1c(C(C)C)nc2cc(C)ccc21. The van der Waals surface area contributed by atoms with Crippen molar-refractivity contribution in [3.8, 4) is 0 Å². The Morgan fingerprint density at radius 2 is 1.84 bits per heavy atom. The summed E-state index contributed by atoms with van der Waals surface area (Å²) in [7, 11) is 1.88. The van der Waals surface area contributed by atoms with Crippen molar-refractivity contribution >= 4 is 11.0 Å². The zero-order valence-corrected chi connectivity index (χ0v) is 19.3. The zero-order valence-electron chi connectivity index (χ0n) is 19.3. The summed E-state index contributed by atoms with van der Waals surface area (Å²) in [5, 5.41) is 0. The lowest BCUT2D eigenvalue weighted by Gasteiger charge is -2.40. The molecule has 0 N–H and O–H groups in total. The summed E-state index contributed by atoms with van der Waals surface area (Å²) in [6.07, 6.45) is 3.74. The van der Waals surface area contributed by atoms with Gasteiger partial charge in [0.15, 0.2) is 0 Å². The van der Waals surface area contributed by atoms with E-state index >= 15 is 0 Å². The van der Waals surface area contributed by atoms with E-state index in [1.165, 1.54) is 36.3 Å². The maximum atomic E-state index is 6.10. The van der Waals surface area contributed by atoms with Crippen LogP contribution < -0.4 is 0 Å². The highest BCUT2D eigenvalue weighted by Crippen LogP contribution is 2.34. The van der Waals surface area contributed by atoms with Crippen LogP contribution in [0.25, 0.3) is 11.0 Å². The predicted molar refractivity (Wildman–Crippen MR) is 127 cm³/mol. The summed E-state index contributed by atoms with van der Waals surface area (Å²) >= 11 is 0. The minimum Gasteiger partial charge on any atom is -0.378 e. The minimum absolute atomic E-state index is 0.189. The van der Waals surface area contributed by atoms with Crippen molar-refractivity contribution in [1.29, 1.82) is 0 Å². The van der Waals surface area contributed by atoms with Crippen molar-refractivity contribution in [2.24, 2.45) is 5.92 Å². The van der Waals surface area contributed by atoms with Crippen LogP contribution in [0.2, 0.25) is 0 Å². The summed E-state index contributed by atoms with van der Waals surface area (Å²) in [5.41, 5.74) is 6.73. The third kappa shape index (κ3) is 3.92. The molecule has 3 aromatic rings. The Labute approximate surface area is 186 Å². The number of benzene rings is 2. The van der Waals surface area contributed by atoms with E-state index < -0.39 is 0 Å². The number of piperidine rings is 1. The summed E-state index contributed by atoms with van der Waals surface area (Å²) in [6, 6.07) is 16.0. The van der Waals surface area contributed by atoms with E-state index in [0.717, 1.165) is 30.9 Å². The molecular formula is C27H35N3O. The molecule has 1 fully saturated rings. The molecule has 0 amide bonds. The van der Waals surface area contributed by atoms with E-state index in [4.69, 9.17) is 9.72 Å². The summed E-state index contributed by atoms with van der Waals surface area (Å²) in [5.74, 6) is 2.31. The molecule has 4 nitrogen and oxygen atoms in total. The monoisotopic (exact) mass is 417 g/mol. The Bertz CT molecular complexity index is 1040. The van der Waals surface area contributed by atoms with Gasteiger partial charge in [0.2, 0.25) is 0 Å². The Hall–Kier alpha value is -2.17. The average molecular weight is 418 g/mol. The molecule has 1 aromatic heterocycles. The normalized spacial score (nSPS) is 22.5. The second-order valence-corrected chi connectivity index (χ2v) is 9.92. The molecule has 2 aromatic carbocycles. The van der Waals surface area contributed by atoms with Gasteiger partial charge in [-0.3, -0.25) is 0 Å². The first-order chi connectivity index (χ1) is 15.0. The first-order valence-corrected chi connectivity index (χ1v) is 11.8.